The van der Waals surface area contributed by atoms with Crippen LogP contribution >= 0.6 is 0 Å². The van der Waals surface area contributed by atoms with Crippen LogP contribution in [0.15, 0.2) is 24.7 Å². The summed E-state index contributed by atoms with van der Waals surface area (Å²) in [5.41, 5.74) is 5.68. The van der Waals surface area contributed by atoms with Gasteiger partial charge in [0, 0.05) is 18.8 Å². The first-order valence-corrected chi connectivity index (χ1v) is 5.75. The van der Waals surface area contributed by atoms with Gasteiger partial charge < -0.3 is 11.1 Å². The quantitative estimate of drug-likeness (QED) is 0.634. The van der Waals surface area contributed by atoms with Gasteiger partial charge >= 0.3 is 0 Å². The van der Waals surface area contributed by atoms with Crippen LogP contribution in [0, 0.1) is 10.1 Å². The maximum atomic E-state index is 12.0. The number of nitrogens with two attached hydrogens (primary N) is 1. The maximum absolute atomic E-state index is 12.0. The highest BCUT2D eigenvalue weighted by Gasteiger charge is 2.17. The van der Waals surface area contributed by atoms with Crippen LogP contribution in [0.3, 0.4) is 0 Å². The summed E-state index contributed by atoms with van der Waals surface area (Å²) in [6.45, 7) is 2.57. The Morgan fingerprint density at radius 2 is 2.30 bits per heavy atom. The van der Waals surface area contributed by atoms with Crippen LogP contribution in [-0.2, 0) is 6.54 Å². The zero-order valence-corrected chi connectivity index (χ0v) is 10.6. The minimum atomic E-state index is -0.641. The van der Waals surface area contributed by atoms with Crippen molar-refractivity contribution in [1.29, 1.82) is 0 Å². The lowest BCUT2D eigenvalue weighted by molar-refractivity contribution is -0.385. The molecule has 0 saturated carbocycles. The molecular weight excluding hydrogens is 264 g/mol. The summed E-state index contributed by atoms with van der Waals surface area (Å²) in [6, 6.07) is 1.09. The molecule has 0 fully saturated rings. The van der Waals surface area contributed by atoms with Crippen LogP contribution in [0.25, 0.3) is 0 Å². The number of hydrogen-bond acceptors (Lipinski definition) is 6. The van der Waals surface area contributed by atoms with Crippen molar-refractivity contribution in [2.75, 3.05) is 11.1 Å². The normalized spacial score (nSPS) is 10.2. The molecule has 0 aliphatic rings. The standard InChI is InChI=1S/C11H12N6O3/c1-2-16-6-7(4-14-16)15-11(18)9-3-8(17(19)20)5-13-10(9)12/h3-6H,2H2,1H3,(H2,12,13)(H,15,18). The Morgan fingerprint density at radius 3 is 2.90 bits per heavy atom. The number of anilines is 2. The number of amides is 1. The van der Waals surface area contributed by atoms with E-state index in [2.05, 4.69) is 15.4 Å². The smallest absolute Gasteiger partial charge is 0.288 e. The van der Waals surface area contributed by atoms with E-state index in [1.54, 1.807) is 10.9 Å². The molecule has 104 valence electrons. The molecule has 0 spiro atoms. The first kappa shape index (κ1) is 13.5. The van der Waals surface area contributed by atoms with Gasteiger partial charge in [-0.3, -0.25) is 19.6 Å². The van der Waals surface area contributed by atoms with Crippen molar-refractivity contribution < 1.29 is 9.72 Å². The minimum Gasteiger partial charge on any atom is -0.383 e. The summed E-state index contributed by atoms with van der Waals surface area (Å²) in [6.07, 6.45) is 4.11. The van der Waals surface area contributed by atoms with Gasteiger partial charge in [0.25, 0.3) is 11.6 Å². The van der Waals surface area contributed by atoms with Gasteiger partial charge in [-0.1, -0.05) is 0 Å². The van der Waals surface area contributed by atoms with Crippen LogP contribution < -0.4 is 11.1 Å². The van der Waals surface area contributed by atoms with Gasteiger partial charge in [0.1, 0.15) is 12.0 Å². The van der Waals surface area contributed by atoms with Crippen molar-refractivity contribution in [1.82, 2.24) is 14.8 Å². The van der Waals surface area contributed by atoms with Crippen molar-refractivity contribution in [3.8, 4) is 0 Å². The Bertz CT molecular complexity index is 666. The molecule has 2 rings (SSSR count). The van der Waals surface area contributed by atoms with E-state index in [1.807, 2.05) is 6.92 Å². The van der Waals surface area contributed by atoms with Gasteiger partial charge in [0.15, 0.2) is 0 Å². The van der Waals surface area contributed by atoms with Crippen LogP contribution in [0.1, 0.15) is 17.3 Å². The number of aryl methyl sites for hydroxylation is 1. The number of nitrogens with zero attached hydrogens (tertiary/aromatic N) is 4. The van der Waals surface area contributed by atoms with Gasteiger partial charge in [0.05, 0.1) is 22.4 Å². The topological polar surface area (TPSA) is 129 Å². The van der Waals surface area contributed by atoms with E-state index in [0.29, 0.717) is 12.2 Å². The average molecular weight is 276 g/mol. The van der Waals surface area contributed by atoms with E-state index in [4.69, 9.17) is 5.73 Å². The summed E-state index contributed by atoms with van der Waals surface area (Å²) >= 11 is 0. The van der Waals surface area contributed by atoms with E-state index >= 15 is 0 Å². The molecular formula is C11H12N6O3. The Hall–Kier alpha value is -2.97. The molecule has 0 aliphatic carbocycles. The number of hydrogen-bond donors (Lipinski definition) is 2. The van der Waals surface area contributed by atoms with Crippen molar-refractivity contribution in [2.45, 2.75) is 13.5 Å². The van der Waals surface area contributed by atoms with Crippen molar-refractivity contribution in [3.05, 3.63) is 40.3 Å². The fraction of sp³-hybridized carbons (Fsp3) is 0.182. The molecule has 0 unspecified atom stereocenters. The number of nitro groups is 1. The fourth-order valence-corrected chi connectivity index (χ4v) is 1.55. The number of pyridine rings is 1. The van der Waals surface area contributed by atoms with Crippen molar-refractivity contribution in [2.24, 2.45) is 0 Å². The molecule has 1 amide bonds. The van der Waals surface area contributed by atoms with Crippen LogP contribution in [0.5, 0.6) is 0 Å². The second kappa shape index (κ2) is 5.34. The molecule has 9 heteroatoms. The summed E-state index contributed by atoms with van der Waals surface area (Å²) in [4.78, 5) is 25.7. The van der Waals surface area contributed by atoms with E-state index in [0.717, 1.165) is 12.3 Å². The Labute approximate surface area is 113 Å². The van der Waals surface area contributed by atoms with Gasteiger partial charge in [-0.15, -0.1) is 0 Å². The monoisotopic (exact) mass is 276 g/mol. The molecule has 0 radical (unpaired) electrons. The highest BCUT2D eigenvalue weighted by molar-refractivity contribution is 6.07. The first-order valence-electron chi connectivity index (χ1n) is 5.75. The van der Waals surface area contributed by atoms with Crippen molar-refractivity contribution in [3.63, 3.8) is 0 Å². The van der Waals surface area contributed by atoms with E-state index in [9.17, 15) is 14.9 Å². The Kier molecular flexibility index (Phi) is 3.60. The molecule has 2 aromatic heterocycles. The lowest BCUT2D eigenvalue weighted by atomic mass is 10.2. The molecule has 0 bridgehead atoms. The lowest BCUT2D eigenvalue weighted by Gasteiger charge is -2.04. The molecule has 2 aromatic rings. The van der Waals surface area contributed by atoms with Gasteiger partial charge in [-0.25, -0.2) is 4.98 Å². The third-order valence-corrected chi connectivity index (χ3v) is 2.57. The third kappa shape index (κ3) is 2.71. The molecule has 9 nitrogen and oxygen atoms in total. The Morgan fingerprint density at radius 1 is 1.55 bits per heavy atom. The van der Waals surface area contributed by atoms with Crippen molar-refractivity contribution >= 4 is 23.1 Å². The molecule has 0 atom stereocenters. The molecule has 2 heterocycles. The number of carbonyl (C=O) groups is 1. The Balaban J connectivity index is 2.24. The van der Waals surface area contributed by atoms with Gasteiger partial charge in [-0.2, -0.15) is 5.10 Å². The van der Waals surface area contributed by atoms with Gasteiger partial charge in [-0.05, 0) is 6.92 Å². The second-order valence-corrected chi connectivity index (χ2v) is 3.92. The summed E-state index contributed by atoms with van der Waals surface area (Å²) in [5, 5.41) is 17.2. The number of nitrogen functional groups attached to an aromatic ring is 1. The van der Waals surface area contributed by atoms with E-state index in [1.165, 1.54) is 6.20 Å². The fourth-order valence-electron chi connectivity index (χ4n) is 1.55. The molecule has 0 aromatic carbocycles. The molecule has 0 aliphatic heterocycles. The highest BCUT2D eigenvalue weighted by atomic mass is 16.6. The predicted octanol–water partition coefficient (Wildman–Crippen LogP) is 1.04. The zero-order chi connectivity index (χ0) is 14.7. The summed E-state index contributed by atoms with van der Waals surface area (Å²) < 4.78 is 1.63. The van der Waals surface area contributed by atoms with Gasteiger partial charge in [0.2, 0.25) is 0 Å². The summed E-state index contributed by atoms with van der Waals surface area (Å²) in [5.74, 6) is -0.648. The molecule has 0 saturated heterocycles. The van der Waals surface area contributed by atoms with E-state index in [-0.39, 0.29) is 17.1 Å². The number of carbonyl (C=O) groups excluding carboxylic acids is 1. The minimum absolute atomic E-state index is 0.0524. The van der Waals surface area contributed by atoms with Crippen LogP contribution in [0.2, 0.25) is 0 Å². The first-order chi connectivity index (χ1) is 9.51. The van der Waals surface area contributed by atoms with E-state index < -0.39 is 10.8 Å². The SMILES string of the molecule is CCn1cc(NC(=O)c2cc([N+](=O)[O-])cnc2N)cn1. The average Bonchev–Trinajstić information content (AvgIpc) is 2.86. The predicted molar refractivity (Wildman–Crippen MR) is 71.2 cm³/mol. The highest BCUT2D eigenvalue weighted by Crippen LogP contribution is 2.18. The largest absolute Gasteiger partial charge is 0.383 e. The number of rotatable bonds is 4. The zero-order valence-electron chi connectivity index (χ0n) is 10.6. The second-order valence-electron chi connectivity index (χ2n) is 3.92. The number of nitrogens with one attached hydrogen (secondary N) is 1. The third-order valence-electron chi connectivity index (χ3n) is 2.57. The van der Waals surface area contributed by atoms with Crippen LogP contribution in [0.4, 0.5) is 17.2 Å². The van der Waals surface area contributed by atoms with Crippen LogP contribution in [-0.4, -0.2) is 25.6 Å². The number of aromatic nitrogens is 3. The summed E-state index contributed by atoms with van der Waals surface area (Å²) in [7, 11) is 0. The molecule has 3 N–H and O–H groups in total. The maximum Gasteiger partial charge on any atom is 0.288 e. The lowest BCUT2D eigenvalue weighted by Crippen LogP contribution is -2.15. The molecule has 20 heavy (non-hydrogen) atoms.